The molecule has 1 amide bonds. The molecule has 0 aliphatic carbocycles. The van der Waals surface area contributed by atoms with Gasteiger partial charge >= 0.3 is 0 Å². The first-order valence-corrected chi connectivity index (χ1v) is 9.26. The van der Waals surface area contributed by atoms with Crippen LogP contribution in [0.15, 0.2) is 29.1 Å². The van der Waals surface area contributed by atoms with Gasteiger partial charge in [-0.3, -0.25) is 20.0 Å². The lowest BCUT2D eigenvalue weighted by Gasteiger charge is -2.31. The van der Waals surface area contributed by atoms with Crippen LogP contribution in [0.2, 0.25) is 0 Å². The molecule has 3 N–H and O–H groups in total. The number of benzene rings is 1. The van der Waals surface area contributed by atoms with E-state index in [0.29, 0.717) is 43.3 Å². The van der Waals surface area contributed by atoms with Gasteiger partial charge in [0.1, 0.15) is 5.82 Å². The van der Waals surface area contributed by atoms with Gasteiger partial charge in [0.2, 0.25) is 11.9 Å². The summed E-state index contributed by atoms with van der Waals surface area (Å²) >= 11 is 0. The van der Waals surface area contributed by atoms with Crippen molar-refractivity contribution in [1.29, 1.82) is 0 Å². The van der Waals surface area contributed by atoms with Crippen molar-refractivity contribution in [3.63, 3.8) is 0 Å². The summed E-state index contributed by atoms with van der Waals surface area (Å²) in [7, 11) is 3.60. The third-order valence-electron chi connectivity index (χ3n) is 5.30. The molecule has 2 atom stereocenters. The summed E-state index contributed by atoms with van der Waals surface area (Å²) in [6.07, 6.45) is 0.468. The van der Waals surface area contributed by atoms with Crippen LogP contribution in [0.1, 0.15) is 22.9 Å². The van der Waals surface area contributed by atoms with Gasteiger partial charge in [0.15, 0.2) is 0 Å². The molecule has 9 heteroatoms. The number of amides is 1. The first-order valence-electron chi connectivity index (χ1n) is 9.26. The number of carbonyl (C=O) groups is 1. The van der Waals surface area contributed by atoms with E-state index >= 15 is 0 Å². The van der Waals surface area contributed by atoms with E-state index in [9.17, 15) is 14.0 Å². The Morgan fingerprint density at radius 1 is 1.36 bits per heavy atom. The zero-order valence-electron chi connectivity index (χ0n) is 15.8. The number of hydrogen-bond donors (Lipinski definition) is 3. The fraction of sp³-hybridized carbons (Fsp3) is 0.421. The van der Waals surface area contributed by atoms with Crippen LogP contribution in [0.5, 0.6) is 0 Å². The summed E-state index contributed by atoms with van der Waals surface area (Å²) in [5.41, 5.74) is 7.94. The van der Waals surface area contributed by atoms with Crippen LogP contribution in [0.4, 0.5) is 10.3 Å². The van der Waals surface area contributed by atoms with Crippen LogP contribution >= 0.6 is 0 Å². The quantitative estimate of drug-likeness (QED) is 0.704. The van der Waals surface area contributed by atoms with Crippen molar-refractivity contribution in [2.75, 3.05) is 32.1 Å². The van der Waals surface area contributed by atoms with E-state index in [0.717, 1.165) is 5.56 Å². The van der Waals surface area contributed by atoms with Gasteiger partial charge in [-0.15, -0.1) is 0 Å². The predicted octanol–water partition coefficient (Wildman–Crippen LogP) is 0.325. The molecule has 0 saturated carbocycles. The van der Waals surface area contributed by atoms with Crippen LogP contribution < -0.4 is 21.3 Å². The highest BCUT2D eigenvalue weighted by atomic mass is 19.1. The average Bonchev–Trinajstić information content (AvgIpc) is 3.16. The molecule has 28 heavy (non-hydrogen) atoms. The minimum absolute atomic E-state index is 0.0362. The zero-order chi connectivity index (χ0) is 19.8. The van der Waals surface area contributed by atoms with E-state index < -0.39 is 0 Å². The molecule has 0 bridgehead atoms. The molecule has 8 nitrogen and oxygen atoms in total. The molecule has 3 heterocycles. The van der Waals surface area contributed by atoms with Gasteiger partial charge in [0.25, 0.3) is 5.56 Å². The molecule has 0 radical (unpaired) electrons. The number of aromatic amines is 1. The molecular weight excluding hydrogens is 363 g/mol. The van der Waals surface area contributed by atoms with Crippen LogP contribution in [0.3, 0.4) is 0 Å². The van der Waals surface area contributed by atoms with Crippen LogP contribution in [0.25, 0.3) is 0 Å². The van der Waals surface area contributed by atoms with Gasteiger partial charge in [-0.1, -0.05) is 12.1 Å². The molecule has 4 rings (SSSR count). The van der Waals surface area contributed by atoms with Crippen molar-refractivity contribution in [2.45, 2.75) is 19.0 Å². The summed E-state index contributed by atoms with van der Waals surface area (Å²) in [4.78, 5) is 36.3. The fourth-order valence-corrected chi connectivity index (χ4v) is 3.80. The van der Waals surface area contributed by atoms with Crippen molar-refractivity contribution in [3.8, 4) is 0 Å². The van der Waals surface area contributed by atoms with Crippen molar-refractivity contribution >= 4 is 11.9 Å². The second-order valence-corrected chi connectivity index (χ2v) is 7.38. The number of rotatable bonds is 3. The maximum absolute atomic E-state index is 13.6. The molecule has 2 aliphatic heterocycles. The van der Waals surface area contributed by atoms with Gasteiger partial charge in [0, 0.05) is 32.7 Å². The maximum atomic E-state index is 13.6. The highest BCUT2D eigenvalue weighted by Crippen LogP contribution is 2.28. The Balaban J connectivity index is 1.57. The Morgan fingerprint density at radius 2 is 2.18 bits per heavy atom. The van der Waals surface area contributed by atoms with E-state index in [1.54, 1.807) is 30.0 Å². The summed E-state index contributed by atoms with van der Waals surface area (Å²) in [6.45, 7) is 1.21. The van der Waals surface area contributed by atoms with E-state index in [-0.39, 0.29) is 29.2 Å². The molecular formula is C19H23FN6O2. The van der Waals surface area contributed by atoms with E-state index in [1.165, 1.54) is 12.1 Å². The number of fused-ring (bicyclic) bond motifs is 1. The van der Waals surface area contributed by atoms with E-state index in [4.69, 9.17) is 0 Å². The van der Waals surface area contributed by atoms with Crippen molar-refractivity contribution in [3.05, 3.63) is 57.3 Å². The van der Waals surface area contributed by atoms with Crippen molar-refractivity contribution in [2.24, 2.45) is 5.92 Å². The van der Waals surface area contributed by atoms with E-state index in [2.05, 4.69) is 20.8 Å². The van der Waals surface area contributed by atoms with Crippen molar-refractivity contribution in [1.82, 2.24) is 25.7 Å². The molecule has 2 aromatic rings. The number of halogens is 1. The minimum atomic E-state index is -0.362. The highest BCUT2D eigenvalue weighted by Gasteiger charge is 2.38. The SMILES string of the molecule is CN(C)c1nc2c(c(=O)[nH]1)CCN(C(=O)C1CNNC1c1cccc(F)c1)C2. The molecule has 2 aliphatic rings. The molecule has 1 fully saturated rings. The van der Waals surface area contributed by atoms with Crippen LogP contribution in [0, 0.1) is 11.7 Å². The summed E-state index contributed by atoms with van der Waals surface area (Å²) in [5.74, 6) is -0.256. The second kappa shape index (κ2) is 7.33. The van der Waals surface area contributed by atoms with Crippen molar-refractivity contribution < 1.29 is 9.18 Å². The van der Waals surface area contributed by atoms with Gasteiger partial charge in [-0.25, -0.2) is 14.8 Å². The van der Waals surface area contributed by atoms with Gasteiger partial charge < -0.3 is 9.80 Å². The number of H-pyrrole nitrogens is 1. The Labute approximate surface area is 161 Å². The standard InChI is InChI=1S/C19H23FN6O2/c1-25(2)19-22-15-10-26(7-6-13(15)17(27)23-19)18(28)14-9-21-24-16(14)11-4-3-5-12(20)8-11/h3-5,8,14,16,21,24H,6-7,9-10H2,1-2H3,(H,22,23,27). The normalized spacial score (nSPS) is 21.5. The lowest BCUT2D eigenvalue weighted by atomic mass is 9.92. The monoisotopic (exact) mass is 386 g/mol. The third-order valence-corrected chi connectivity index (χ3v) is 5.30. The number of aromatic nitrogens is 2. The van der Waals surface area contributed by atoms with E-state index in [1.807, 2.05) is 6.07 Å². The number of carbonyl (C=O) groups excluding carboxylic acids is 1. The Bertz CT molecular complexity index is 960. The zero-order valence-corrected chi connectivity index (χ0v) is 15.8. The summed E-state index contributed by atoms with van der Waals surface area (Å²) < 4.78 is 13.6. The summed E-state index contributed by atoms with van der Waals surface area (Å²) in [6, 6.07) is 5.97. The Hall–Kier alpha value is -2.78. The topological polar surface area (TPSA) is 93.4 Å². The number of anilines is 1. The first kappa shape index (κ1) is 18.6. The molecule has 0 spiro atoms. The highest BCUT2D eigenvalue weighted by molar-refractivity contribution is 5.80. The Morgan fingerprint density at radius 3 is 2.93 bits per heavy atom. The second-order valence-electron chi connectivity index (χ2n) is 7.38. The van der Waals surface area contributed by atoms with Crippen LogP contribution in [-0.2, 0) is 17.8 Å². The van der Waals surface area contributed by atoms with Gasteiger partial charge in [-0.05, 0) is 24.1 Å². The largest absolute Gasteiger partial charge is 0.348 e. The minimum Gasteiger partial charge on any atom is -0.348 e. The van der Waals surface area contributed by atoms with Gasteiger partial charge in [0.05, 0.1) is 24.2 Å². The lowest BCUT2D eigenvalue weighted by molar-refractivity contribution is -0.136. The molecule has 148 valence electrons. The lowest BCUT2D eigenvalue weighted by Crippen LogP contribution is -2.44. The third kappa shape index (κ3) is 3.38. The first-order chi connectivity index (χ1) is 13.4. The summed E-state index contributed by atoms with van der Waals surface area (Å²) in [5, 5.41) is 0. The maximum Gasteiger partial charge on any atom is 0.255 e. The predicted molar refractivity (Wildman–Crippen MR) is 102 cm³/mol. The average molecular weight is 386 g/mol. The Kier molecular flexibility index (Phi) is 4.86. The molecule has 2 unspecified atom stereocenters. The number of nitrogens with one attached hydrogen (secondary N) is 3. The number of nitrogens with zero attached hydrogens (tertiary/aromatic N) is 3. The number of hydrazine groups is 1. The molecule has 1 aromatic carbocycles. The smallest absolute Gasteiger partial charge is 0.255 e. The number of hydrogen-bond acceptors (Lipinski definition) is 6. The fourth-order valence-electron chi connectivity index (χ4n) is 3.80. The van der Waals surface area contributed by atoms with Crippen LogP contribution in [-0.4, -0.2) is 48.0 Å². The molecule has 1 aromatic heterocycles. The van der Waals surface area contributed by atoms with Gasteiger partial charge in [-0.2, -0.15) is 0 Å². The molecule has 1 saturated heterocycles.